The number of aliphatic hydroxyl groups excluding tert-OH is 5. The third-order valence-electron chi connectivity index (χ3n) is 5.77. The minimum Gasteiger partial charge on any atom is -0.390 e. The largest absolute Gasteiger partial charge is 0.390 e. The standard InChI is InChI=1S/C24H50O6/c1-3-5-7-9-11-13-15-17-20(25)22(27)24(29)23(28)21(26)19-30-18-16-14-12-10-8-6-4-2/h20-29H,3-19H2,1-2H3. The lowest BCUT2D eigenvalue weighted by molar-refractivity contribution is -0.145. The van der Waals surface area contributed by atoms with Crippen LogP contribution >= 0.6 is 0 Å². The van der Waals surface area contributed by atoms with Crippen LogP contribution in [0.5, 0.6) is 0 Å². The molecule has 0 heterocycles. The Hall–Kier alpha value is -0.240. The molecule has 0 bridgehead atoms. The SMILES string of the molecule is CCCCCCCCCOCC(O)C(O)C(O)C(O)C(O)CCCCCCCCC. The molecule has 0 aliphatic rings. The number of hydrogen-bond acceptors (Lipinski definition) is 6. The highest BCUT2D eigenvalue weighted by molar-refractivity contribution is 4.84. The van der Waals surface area contributed by atoms with Crippen molar-refractivity contribution in [3.8, 4) is 0 Å². The molecular weight excluding hydrogens is 384 g/mol. The second-order valence-corrected chi connectivity index (χ2v) is 8.71. The number of hydrogen-bond donors (Lipinski definition) is 5. The summed E-state index contributed by atoms with van der Waals surface area (Å²) < 4.78 is 5.39. The minimum absolute atomic E-state index is 0.103. The molecule has 0 radical (unpaired) electrons. The Morgan fingerprint density at radius 3 is 1.47 bits per heavy atom. The number of unbranched alkanes of at least 4 members (excludes halogenated alkanes) is 12. The summed E-state index contributed by atoms with van der Waals surface area (Å²) >= 11 is 0. The summed E-state index contributed by atoms with van der Waals surface area (Å²) in [6.45, 7) is 4.77. The topological polar surface area (TPSA) is 110 Å². The van der Waals surface area contributed by atoms with Gasteiger partial charge in [-0.2, -0.15) is 0 Å². The van der Waals surface area contributed by atoms with Gasteiger partial charge in [-0.15, -0.1) is 0 Å². The average Bonchev–Trinajstić information content (AvgIpc) is 2.75. The third kappa shape index (κ3) is 15.5. The number of aliphatic hydroxyl groups is 5. The summed E-state index contributed by atoms with van der Waals surface area (Å²) in [5, 5.41) is 50.3. The molecule has 0 amide bonds. The van der Waals surface area contributed by atoms with Crippen LogP contribution in [0.2, 0.25) is 0 Å². The Bertz CT molecular complexity index is 355. The van der Waals surface area contributed by atoms with E-state index in [2.05, 4.69) is 13.8 Å². The van der Waals surface area contributed by atoms with E-state index in [1.54, 1.807) is 0 Å². The van der Waals surface area contributed by atoms with Crippen LogP contribution in [0.1, 0.15) is 110 Å². The fourth-order valence-corrected chi connectivity index (χ4v) is 3.60. The van der Waals surface area contributed by atoms with Crippen molar-refractivity contribution >= 4 is 0 Å². The van der Waals surface area contributed by atoms with E-state index in [9.17, 15) is 25.5 Å². The summed E-state index contributed by atoms with van der Waals surface area (Å²) in [5.41, 5.74) is 0. The lowest BCUT2D eigenvalue weighted by atomic mass is 9.96. The molecule has 0 fully saturated rings. The van der Waals surface area contributed by atoms with Gasteiger partial charge >= 0.3 is 0 Å². The fourth-order valence-electron chi connectivity index (χ4n) is 3.60. The van der Waals surface area contributed by atoms with Crippen molar-refractivity contribution in [2.24, 2.45) is 0 Å². The van der Waals surface area contributed by atoms with E-state index >= 15 is 0 Å². The van der Waals surface area contributed by atoms with Gasteiger partial charge in [0.05, 0.1) is 12.7 Å². The monoisotopic (exact) mass is 434 g/mol. The van der Waals surface area contributed by atoms with Crippen molar-refractivity contribution in [3.63, 3.8) is 0 Å². The van der Waals surface area contributed by atoms with Crippen molar-refractivity contribution in [2.75, 3.05) is 13.2 Å². The van der Waals surface area contributed by atoms with Gasteiger partial charge in [0.15, 0.2) is 0 Å². The summed E-state index contributed by atoms with van der Waals surface area (Å²) in [6, 6.07) is 0. The Morgan fingerprint density at radius 2 is 0.933 bits per heavy atom. The predicted molar refractivity (Wildman–Crippen MR) is 121 cm³/mol. The van der Waals surface area contributed by atoms with E-state index in [-0.39, 0.29) is 6.61 Å². The smallest absolute Gasteiger partial charge is 0.111 e. The van der Waals surface area contributed by atoms with Crippen LogP contribution in [-0.4, -0.2) is 69.3 Å². The zero-order valence-electron chi connectivity index (χ0n) is 19.6. The van der Waals surface area contributed by atoms with Gasteiger partial charge in [-0.3, -0.25) is 0 Å². The van der Waals surface area contributed by atoms with Gasteiger partial charge < -0.3 is 30.3 Å². The molecule has 182 valence electrons. The van der Waals surface area contributed by atoms with E-state index in [1.807, 2.05) is 0 Å². The molecule has 5 N–H and O–H groups in total. The van der Waals surface area contributed by atoms with Gasteiger partial charge in [0.25, 0.3) is 0 Å². The van der Waals surface area contributed by atoms with E-state index in [0.29, 0.717) is 13.0 Å². The minimum atomic E-state index is -1.61. The molecule has 0 rings (SSSR count). The predicted octanol–water partition coefficient (Wildman–Crippen LogP) is 3.70. The van der Waals surface area contributed by atoms with E-state index < -0.39 is 30.5 Å². The van der Waals surface area contributed by atoms with Crippen LogP contribution in [0.4, 0.5) is 0 Å². The Morgan fingerprint density at radius 1 is 0.500 bits per heavy atom. The Balaban J connectivity index is 3.86. The van der Waals surface area contributed by atoms with E-state index in [0.717, 1.165) is 32.1 Å². The number of ether oxygens (including phenoxy) is 1. The van der Waals surface area contributed by atoms with Crippen molar-refractivity contribution in [1.29, 1.82) is 0 Å². The summed E-state index contributed by atoms with van der Waals surface area (Å²) in [7, 11) is 0. The van der Waals surface area contributed by atoms with Crippen molar-refractivity contribution in [1.82, 2.24) is 0 Å². The first-order chi connectivity index (χ1) is 14.5. The molecular formula is C24H50O6. The van der Waals surface area contributed by atoms with Crippen LogP contribution in [0.25, 0.3) is 0 Å². The van der Waals surface area contributed by atoms with Gasteiger partial charge in [0.1, 0.15) is 24.4 Å². The molecule has 30 heavy (non-hydrogen) atoms. The maximum absolute atomic E-state index is 10.1. The molecule has 0 aromatic heterocycles. The first-order valence-corrected chi connectivity index (χ1v) is 12.4. The summed E-state index contributed by atoms with van der Waals surface area (Å²) in [6.07, 6.45) is 9.17. The maximum atomic E-state index is 10.1. The van der Waals surface area contributed by atoms with Gasteiger partial charge in [-0.1, -0.05) is 97.3 Å². The molecule has 5 unspecified atom stereocenters. The molecule has 0 spiro atoms. The van der Waals surface area contributed by atoms with Crippen LogP contribution in [-0.2, 0) is 4.74 Å². The van der Waals surface area contributed by atoms with Crippen LogP contribution in [0.15, 0.2) is 0 Å². The Kier molecular flexibility index (Phi) is 20.5. The highest BCUT2D eigenvalue weighted by atomic mass is 16.5. The molecule has 6 nitrogen and oxygen atoms in total. The molecule has 0 aliphatic heterocycles. The number of rotatable bonds is 22. The first-order valence-electron chi connectivity index (χ1n) is 12.4. The zero-order chi connectivity index (χ0) is 22.6. The second kappa shape index (κ2) is 20.7. The van der Waals surface area contributed by atoms with Crippen molar-refractivity contribution in [2.45, 2.75) is 141 Å². The lowest BCUT2D eigenvalue weighted by Crippen LogP contribution is -2.50. The van der Waals surface area contributed by atoms with Gasteiger partial charge in [-0.25, -0.2) is 0 Å². The maximum Gasteiger partial charge on any atom is 0.111 e. The Labute approximate surface area is 184 Å². The first kappa shape index (κ1) is 29.8. The molecule has 5 atom stereocenters. The van der Waals surface area contributed by atoms with Crippen LogP contribution < -0.4 is 0 Å². The van der Waals surface area contributed by atoms with Crippen LogP contribution in [0, 0.1) is 0 Å². The van der Waals surface area contributed by atoms with Gasteiger partial charge in [-0.05, 0) is 12.8 Å². The normalized spacial score (nSPS) is 16.9. The molecule has 0 aromatic rings. The van der Waals surface area contributed by atoms with Crippen LogP contribution in [0.3, 0.4) is 0 Å². The zero-order valence-corrected chi connectivity index (χ0v) is 19.6. The molecule has 0 aliphatic carbocycles. The fraction of sp³-hybridized carbons (Fsp3) is 1.00. The van der Waals surface area contributed by atoms with Crippen molar-refractivity contribution in [3.05, 3.63) is 0 Å². The highest BCUT2D eigenvalue weighted by Crippen LogP contribution is 2.15. The lowest BCUT2D eigenvalue weighted by Gasteiger charge is -2.29. The molecule has 6 heteroatoms. The van der Waals surface area contributed by atoms with E-state index in [1.165, 1.54) is 57.8 Å². The van der Waals surface area contributed by atoms with Crippen molar-refractivity contribution < 1.29 is 30.3 Å². The van der Waals surface area contributed by atoms with Gasteiger partial charge in [0.2, 0.25) is 0 Å². The highest BCUT2D eigenvalue weighted by Gasteiger charge is 2.34. The summed E-state index contributed by atoms with van der Waals surface area (Å²) in [4.78, 5) is 0. The summed E-state index contributed by atoms with van der Waals surface area (Å²) in [5.74, 6) is 0. The quantitative estimate of drug-likeness (QED) is 0.166. The third-order valence-corrected chi connectivity index (χ3v) is 5.77. The molecule has 0 aromatic carbocycles. The molecule has 0 saturated carbocycles. The second-order valence-electron chi connectivity index (χ2n) is 8.71. The van der Waals surface area contributed by atoms with Gasteiger partial charge in [0, 0.05) is 6.61 Å². The average molecular weight is 435 g/mol. The van der Waals surface area contributed by atoms with E-state index in [4.69, 9.17) is 4.74 Å². The molecule has 0 saturated heterocycles.